The van der Waals surface area contributed by atoms with E-state index in [1.807, 2.05) is 0 Å². The van der Waals surface area contributed by atoms with Gasteiger partial charge in [-0.05, 0) is 58.7 Å². The Morgan fingerprint density at radius 3 is 2.08 bits per heavy atom. The van der Waals surface area contributed by atoms with Crippen molar-refractivity contribution in [2.45, 2.75) is 6.42 Å². The molecule has 2 nitrogen and oxygen atoms in total. The van der Waals surface area contributed by atoms with Crippen molar-refractivity contribution in [2.24, 2.45) is 4.99 Å². The predicted octanol–water partition coefficient (Wildman–Crippen LogP) is 8.69. The van der Waals surface area contributed by atoms with Gasteiger partial charge < -0.3 is 4.40 Å². The highest BCUT2D eigenvalue weighted by Crippen LogP contribution is 2.44. The zero-order valence-corrected chi connectivity index (χ0v) is 19.5. The van der Waals surface area contributed by atoms with Crippen LogP contribution in [0, 0.1) is 0 Å². The zero-order chi connectivity index (χ0) is 23.4. The van der Waals surface area contributed by atoms with Crippen molar-refractivity contribution < 1.29 is 0 Å². The lowest BCUT2D eigenvalue weighted by Gasteiger charge is -2.15. The molecule has 2 heteroatoms. The van der Waals surface area contributed by atoms with Crippen molar-refractivity contribution in [1.29, 1.82) is 0 Å². The van der Waals surface area contributed by atoms with E-state index in [1.54, 1.807) is 0 Å². The second kappa shape index (κ2) is 6.50. The standard InChI is InChI=1S/C34H20N2/c1-2-8-21-18-31-27(15-20(21)7-1)24-14-13-22(19-30(24)35-31)23-16-28-25-9-3-5-11-32(25)36-33-12-6-4-10-26(33)29(17-23)34(28)36/h1-17,19H,18H2. The van der Waals surface area contributed by atoms with Gasteiger partial charge in [0.2, 0.25) is 0 Å². The molecule has 0 amide bonds. The Balaban J connectivity index is 1.29. The first kappa shape index (κ1) is 18.6. The molecule has 5 aromatic carbocycles. The maximum Gasteiger partial charge on any atom is 0.0718 e. The number of allylic oxidation sites excluding steroid dienone is 1. The first-order valence-corrected chi connectivity index (χ1v) is 12.5. The molecule has 166 valence electrons. The van der Waals surface area contributed by atoms with Gasteiger partial charge in [-0.1, -0.05) is 72.8 Å². The van der Waals surface area contributed by atoms with Crippen molar-refractivity contribution in [2.75, 3.05) is 0 Å². The lowest BCUT2D eigenvalue weighted by Crippen LogP contribution is -2.08. The monoisotopic (exact) mass is 456 g/mol. The quantitative estimate of drug-likeness (QED) is 0.235. The summed E-state index contributed by atoms with van der Waals surface area (Å²) in [5.41, 5.74) is 13.8. The SMILES string of the molecule is C1=C2C(=Nc3cc(-c4cc5c6ccccc6n6c7ccccc7c(c4)c56)ccc32)Cc2ccccc21. The molecule has 1 aliphatic carbocycles. The lowest BCUT2D eigenvalue weighted by atomic mass is 9.88. The topological polar surface area (TPSA) is 16.8 Å². The minimum atomic E-state index is 0.901. The normalized spacial score (nSPS) is 14.3. The van der Waals surface area contributed by atoms with E-state index in [2.05, 4.69) is 114 Å². The summed E-state index contributed by atoms with van der Waals surface area (Å²) in [4.78, 5) is 5.09. The van der Waals surface area contributed by atoms with Crippen LogP contribution in [0.1, 0.15) is 16.7 Å². The molecular weight excluding hydrogens is 436 g/mol. The van der Waals surface area contributed by atoms with Crippen LogP contribution in [0.3, 0.4) is 0 Å². The van der Waals surface area contributed by atoms with E-state index in [0.717, 1.165) is 12.1 Å². The number of aliphatic imine (C=N–C) groups is 1. The predicted molar refractivity (Wildman–Crippen MR) is 152 cm³/mol. The molecule has 0 saturated heterocycles. The Bertz CT molecular complexity index is 2040. The number of hydrogen-bond acceptors (Lipinski definition) is 1. The second-order valence-corrected chi connectivity index (χ2v) is 10.0. The van der Waals surface area contributed by atoms with Gasteiger partial charge in [0.1, 0.15) is 0 Å². The summed E-state index contributed by atoms with van der Waals surface area (Å²) in [5.74, 6) is 0. The molecule has 0 bridgehead atoms. The third-order valence-corrected chi connectivity index (χ3v) is 8.10. The van der Waals surface area contributed by atoms with Gasteiger partial charge in [0.25, 0.3) is 0 Å². The third kappa shape index (κ3) is 2.29. The molecule has 0 atom stereocenters. The summed E-state index contributed by atoms with van der Waals surface area (Å²) < 4.78 is 2.43. The number of aromatic nitrogens is 1. The molecule has 0 spiro atoms. The lowest BCUT2D eigenvalue weighted by molar-refractivity contribution is 1.31. The van der Waals surface area contributed by atoms with Gasteiger partial charge in [0.15, 0.2) is 0 Å². The van der Waals surface area contributed by atoms with E-state index in [4.69, 9.17) is 4.99 Å². The summed E-state index contributed by atoms with van der Waals surface area (Å²) in [6.45, 7) is 0. The fourth-order valence-corrected chi connectivity index (χ4v) is 6.48. The number of benzene rings is 5. The van der Waals surface area contributed by atoms with Gasteiger partial charge in [0, 0.05) is 39.1 Å². The molecule has 36 heavy (non-hydrogen) atoms. The summed E-state index contributed by atoms with van der Waals surface area (Å²) in [6, 6.07) is 37.7. The average Bonchev–Trinajstić information content (AvgIpc) is 3.57. The molecule has 0 N–H and O–H groups in total. The Labute approximate surface area is 207 Å². The Morgan fingerprint density at radius 1 is 0.611 bits per heavy atom. The summed E-state index contributed by atoms with van der Waals surface area (Å²) >= 11 is 0. The molecule has 3 heterocycles. The van der Waals surface area contributed by atoms with Crippen LogP contribution in [0.4, 0.5) is 5.69 Å². The Kier molecular flexibility index (Phi) is 3.36. The van der Waals surface area contributed by atoms with Crippen molar-refractivity contribution in [3.05, 3.63) is 120 Å². The largest absolute Gasteiger partial charge is 0.308 e. The first-order valence-electron chi connectivity index (χ1n) is 12.5. The Hall–Kier alpha value is -4.69. The molecule has 0 fully saturated rings. The average molecular weight is 457 g/mol. The van der Waals surface area contributed by atoms with Crippen LogP contribution in [0.5, 0.6) is 0 Å². The van der Waals surface area contributed by atoms with Crippen LogP contribution in [0.15, 0.2) is 108 Å². The van der Waals surface area contributed by atoms with Crippen molar-refractivity contribution in [1.82, 2.24) is 4.40 Å². The van der Waals surface area contributed by atoms with Gasteiger partial charge in [-0.3, -0.25) is 4.99 Å². The molecule has 0 unspecified atom stereocenters. The van der Waals surface area contributed by atoms with Crippen LogP contribution < -0.4 is 0 Å². The van der Waals surface area contributed by atoms with Crippen molar-refractivity contribution >= 4 is 61.1 Å². The van der Waals surface area contributed by atoms with E-state index in [1.165, 1.54) is 77.2 Å². The van der Waals surface area contributed by atoms with Gasteiger partial charge in [-0.2, -0.15) is 0 Å². The maximum absolute atomic E-state index is 5.09. The van der Waals surface area contributed by atoms with Gasteiger partial charge >= 0.3 is 0 Å². The van der Waals surface area contributed by atoms with Crippen molar-refractivity contribution in [3.63, 3.8) is 0 Å². The summed E-state index contributed by atoms with van der Waals surface area (Å²) in [7, 11) is 0. The highest BCUT2D eigenvalue weighted by Gasteiger charge is 2.26. The van der Waals surface area contributed by atoms with Gasteiger partial charge in [0.05, 0.1) is 27.9 Å². The molecule has 1 aliphatic heterocycles. The van der Waals surface area contributed by atoms with Crippen LogP contribution in [-0.4, -0.2) is 10.1 Å². The fourth-order valence-electron chi connectivity index (χ4n) is 6.48. The number of nitrogens with zero attached hydrogens (tertiary/aromatic N) is 2. The molecule has 9 rings (SSSR count). The van der Waals surface area contributed by atoms with E-state index < -0.39 is 0 Å². The molecule has 7 aromatic rings. The second-order valence-electron chi connectivity index (χ2n) is 10.0. The minimum Gasteiger partial charge on any atom is -0.308 e. The van der Waals surface area contributed by atoms with E-state index in [-0.39, 0.29) is 0 Å². The van der Waals surface area contributed by atoms with E-state index in [9.17, 15) is 0 Å². The molecule has 2 aliphatic rings. The minimum absolute atomic E-state index is 0.901. The molecule has 2 aromatic heterocycles. The molecule has 0 radical (unpaired) electrons. The van der Waals surface area contributed by atoms with Crippen molar-refractivity contribution in [3.8, 4) is 11.1 Å². The molecular formula is C34H20N2. The highest BCUT2D eigenvalue weighted by molar-refractivity contribution is 6.34. The number of rotatable bonds is 1. The van der Waals surface area contributed by atoms with Crippen LogP contribution in [-0.2, 0) is 6.42 Å². The summed E-state index contributed by atoms with van der Waals surface area (Å²) in [6.07, 6.45) is 3.21. The number of hydrogen-bond donors (Lipinski definition) is 0. The maximum atomic E-state index is 5.09. The molecule has 0 saturated carbocycles. The summed E-state index contributed by atoms with van der Waals surface area (Å²) in [5, 5.41) is 5.24. The fraction of sp³-hybridized carbons (Fsp3) is 0.0294. The Morgan fingerprint density at radius 2 is 1.31 bits per heavy atom. The van der Waals surface area contributed by atoms with Gasteiger partial charge in [-0.15, -0.1) is 0 Å². The van der Waals surface area contributed by atoms with Gasteiger partial charge in [-0.25, -0.2) is 0 Å². The van der Waals surface area contributed by atoms with E-state index in [0.29, 0.717) is 0 Å². The van der Waals surface area contributed by atoms with Crippen LogP contribution in [0.2, 0.25) is 0 Å². The number of para-hydroxylation sites is 2. The third-order valence-electron chi connectivity index (χ3n) is 8.10. The van der Waals surface area contributed by atoms with Crippen LogP contribution >= 0.6 is 0 Å². The number of fused-ring (bicyclic) bond motifs is 10. The first-order chi connectivity index (χ1) is 17.8. The van der Waals surface area contributed by atoms with E-state index >= 15 is 0 Å². The zero-order valence-electron chi connectivity index (χ0n) is 19.5. The highest BCUT2D eigenvalue weighted by atomic mass is 14.9. The van der Waals surface area contributed by atoms with Crippen LogP contribution in [0.25, 0.3) is 60.9 Å². The smallest absolute Gasteiger partial charge is 0.0718 e.